The van der Waals surface area contributed by atoms with Crippen molar-refractivity contribution in [3.63, 3.8) is 0 Å². The molecule has 0 saturated carbocycles. The number of anilines is 1. The van der Waals surface area contributed by atoms with Crippen molar-refractivity contribution in [1.29, 1.82) is 0 Å². The van der Waals surface area contributed by atoms with Gasteiger partial charge in [0.15, 0.2) is 0 Å². The molecular formula is C14H21FN2S. The first-order valence-electron chi connectivity index (χ1n) is 6.39. The number of hydrogen-bond donors (Lipinski definition) is 1. The topological polar surface area (TPSA) is 29.3 Å². The molecule has 2 nitrogen and oxygen atoms in total. The molecule has 0 aromatic heterocycles. The molecule has 2 N–H and O–H groups in total. The van der Waals surface area contributed by atoms with E-state index in [0.29, 0.717) is 10.3 Å². The fourth-order valence-corrected chi connectivity index (χ4v) is 3.28. The largest absolute Gasteiger partial charge is 0.371 e. The van der Waals surface area contributed by atoms with Gasteiger partial charge in [-0.1, -0.05) is 19.9 Å². The van der Waals surface area contributed by atoms with Crippen molar-refractivity contribution >= 4 is 17.4 Å². The monoisotopic (exact) mass is 268 g/mol. The fourth-order valence-electron chi connectivity index (χ4n) is 2.18. The van der Waals surface area contributed by atoms with Gasteiger partial charge in [0, 0.05) is 41.4 Å². The molecule has 0 bridgehead atoms. The van der Waals surface area contributed by atoms with E-state index in [9.17, 15) is 4.39 Å². The maximum atomic E-state index is 13.7. The Morgan fingerprint density at radius 1 is 1.39 bits per heavy atom. The van der Waals surface area contributed by atoms with Crippen LogP contribution in [0.5, 0.6) is 0 Å². The Hall–Kier alpha value is -0.740. The van der Waals surface area contributed by atoms with E-state index in [-0.39, 0.29) is 12.4 Å². The predicted molar refractivity (Wildman–Crippen MR) is 77.7 cm³/mol. The molecule has 1 aliphatic heterocycles. The third-order valence-corrected chi connectivity index (χ3v) is 4.83. The first-order chi connectivity index (χ1) is 8.52. The van der Waals surface area contributed by atoms with Gasteiger partial charge in [0.1, 0.15) is 5.82 Å². The van der Waals surface area contributed by atoms with Gasteiger partial charge in [0.2, 0.25) is 0 Å². The Labute approximate surface area is 113 Å². The molecule has 18 heavy (non-hydrogen) atoms. The van der Waals surface area contributed by atoms with Crippen molar-refractivity contribution in [3.05, 3.63) is 29.6 Å². The summed E-state index contributed by atoms with van der Waals surface area (Å²) in [6.07, 6.45) is 1.12. The second kappa shape index (κ2) is 5.49. The van der Waals surface area contributed by atoms with Crippen molar-refractivity contribution in [1.82, 2.24) is 0 Å². The molecule has 100 valence electrons. The maximum Gasteiger partial charge on any atom is 0.129 e. The Bertz CT molecular complexity index is 420. The van der Waals surface area contributed by atoms with E-state index in [1.807, 2.05) is 17.8 Å². The summed E-state index contributed by atoms with van der Waals surface area (Å²) in [5, 5.41) is 0. The van der Waals surface area contributed by atoms with Crippen LogP contribution in [-0.2, 0) is 6.54 Å². The number of rotatable bonds is 2. The van der Waals surface area contributed by atoms with E-state index in [4.69, 9.17) is 5.73 Å². The third-order valence-electron chi connectivity index (χ3n) is 3.46. The van der Waals surface area contributed by atoms with Crippen molar-refractivity contribution in [3.8, 4) is 0 Å². The number of benzene rings is 1. The van der Waals surface area contributed by atoms with E-state index in [1.54, 1.807) is 12.1 Å². The molecule has 1 aromatic carbocycles. The number of nitrogens with two attached hydrogens (primary N) is 1. The lowest BCUT2D eigenvalue weighted by atomic mass is 10.1. The van der Waals surface area contributed by atoms with Crippen LogP contribution in [0.3, 0.4) is 0 Å². The van der Waals surface area contributed by atoms with Crippen LogP contribution in [0.2, 0.25) is 0 Å². The molecule has 0 atom stereocenters. The van der Waals surface area contributed by atoms with Crippen LogP contribution in [0.25, 0.3) is 0 Å². The van der Waals surface area contributed by atoms with E-state index < -0.39 is 0 Å². The highest BCUT2D eigenvalue weighted by molar-refractivity contribution is 8.00. The van der Waals surface area contributed by atoms with Crippen LogP contribution < -0.4 is 10.6 Å². The van der Waals surface area contributed by atoms with Crippen molar-refractivity contribution in [2.45, 2.75) is 31.6 Å². The van der Waals surface area contributed by atoms with E-state index >= 15 is 0 Å². The summed E-state index contributed by atoms with van der Waals surface area (Å²) in [5.41, 5.74) is 7.04. The summed E-state index contributed by atoms with van der Waals surface area (Å²) in [5.74, 6) is 0.902. The highest BCUT2D eigenvalue weighted by Gasteiger charge is 2.23. The highest BCUT2D eigenvalue weighted by Crippen LogP contribution is 2.32. The van der Waals surface area contributed by atoms with E-state index in [1.165, 1.54) is 0 Å². The van der Waals surface area contributed by atoms with E-state index in [2.05, 4.69) is 18.7 Å². The number of hydrogen-bond acceptors (Lipinski definition) is 3. The zero-order chi connectivity index (χ0) is 13.2. The Morgan fingerprint density at radius 2 is 2.17 bits per heavy atom. The average Bonchev–Trinajstić information content (AvgIpc) is 2.50. The van der Waals surface area contributed by atoms with Crippen LogP contribution in [-0.4, -0.2) is 23.6 Å². The summed E-state index contributed by atoms with van der Waals surface area (Å²) < 4.78 is 14.1. The maximum absolute atomic E-state index is 13.7. The third kappa shape index (κ3) is 3.18. The first kappa shape index (κ1) is 13.7. The quantitative estimate of drug-likeness (QED) is 0.894. The van der Waals surface area contributed by atoms with Gasteiger partial charge in [-0.2, -0.15) is 11.8 Å². The lowest BCUT2D eigenvalue weighted by Crippen LogP contribution is -2.27. The standard InChI is InChI=1S/C14H21FN2S/c1-14(2)5-6-17(7-8-18-14)12-4-3-11(10-16)13(15)9-12/h3-4,9H,5-8,10,16H2,1-2H3. The predicted octanol–water partition coefficient (Wildman–Crippen LogP) is 3.01. The lowest BCUT2D eigenvalue weighted by Gasteiger charge is -2.24. The van der Waals surface area contributed by atoms with Gasteiger partial charge in [-0.25, -0.2) is 4.39 Å². The molecule has 4 heteroatoms. The minimum absolute atomic E-state index is 0.189. The van der Waals surface area contributed by atoms with Crippen LogP contribution >= 0.6 is 11.8 Å². The van der Waals surface area contributed by atoms with Crippen molar-refractivity contribution in [2.75, 3.05) is 23.7 Å². The molecule has 1 aromatic rings. The van der Waals surface area contributed by atoms with Gasteiger partial charge in [-0.15, -0.1) is 0 Å². The van der Waals surface area contributed by atoms with E-state index in [0.717, 1.165) is 31.0 Å². The summed E-state index contributed by atoms with van der Waals surface area (Å²) in [7, 11) is 0. The lowest BCUT2D eigenvalue weighted by molar-refractivity contribution is 0.607. The molecule has 1 fully saturated rings. The average molecular weight is 268 g/mol. The van der Waals surface area contributed by atoms with Gasteiger partial charge < -0.3 is 10.6 Å². The zero-order valence-corrected chi connectivity index (χ0v) is 11.9. The summed E-state index contributed by atoms with van der Waals surface area (Å²) in [6, 6.07) is 5.40. The Balaban J connectivity index is 2.14. The second-order valence-corrected chi connectivity index (χ2v) is 7.13. The molecule has 1 aliphatic rings. The van der Waals surface area contributed by atoms with Crippen LogP contribution in [0, 0.1) is 5.82 Å². The fraction of sp³-hybridized carbons (Fsp3) is 0.571. The minimum Gasteiger partial charge on any atom is -0.371 e. The van der Waals surface area contributed by atoms with Gasteiger partial charge in [0.05, 0.1) is 0 Å². The first-order valence-corrected chi connectivity index (χ1v) is 7.38. The minimum atomic E-state index is -0.189. The molecule has 0 radical (unpaired) electrons. The molecule has 1 heterocycles. The summed E-state index contributed by atoms with van der Waals surface area (Å²) >= 11 is 2.00. The number of halogens is 1. The Morgan fingerprint density at radius 3 is 2.83 bits per heavy atom. The smallest absolute Gasteiger partial charge is 0.129 e. The van der Waals surface area contributed by atoms with Crippen molar-refractivity contribution < 1.29 is 4.39 Å². The van der Waals surface area contributed by atoms with Crippen LogP contribution in [0.15, 0.2) is 18.2 Å². The summed E-state index contributed by atoms with van der Waals surface area (Å²) in [4.78, 5) is 2.27. The molecular weight excluding hydrogens is 247 g/mol. The molecule has 0 aliphatic carbocycles. The SMILES string of the molecule is CC1(C)CCN(c2ccc(CN)c(F)c2)CCS1. The molecule has 0 unspecified atom stereocenters. The normalized spacial score (nSPS) is 19.7. The Kier molecular flexibility index (Phi) is 4.17. The van der Waals surface area contributed by atoms with Gasteiger partial charge in [-0.05, 0) is 18.6 Å². The van der Waals surface area contributed by atoms with Crippen molar-refractivity contribution in [2.24, 2.45) is 5.73 Å². The van der Waals surface area contributed by atoms with Crippen LogP contribution in [0.4, 0.5) is 10.1 Å². The molecule has 2 rings (SSSR count). The molecule has 0 amide bonds. The van der Waals surface area contributed by atoms with Gasteiger partial charge in [0.25, 0.3) is 0 Å². The second-order valence-electron chi connectivity index (χ2n) is 5.33. The highest BCUT2D eigenvalue weighted by atomic mass is 32.2. The number of nitrogens with zero attached hydrogens (tertiary/aromatic N) is 1. The zero-order valence-electron chi connectivity index (χ0n) is 11.1. The van der Waals surface area contributed by atoms with Gasteiger partial charge in [-0.3, -0.25) is 0 Å². The summed E-state index contributed by atoms with van der Waals surface area (Å²) in [6.45, 7) is 6.78. The molecule has 0 spiro atoms. The number of thioether (sulfide) groups is 1. The molecule has 1 saturated heterocycles. The van der Waals surface area contributed by atoms with Crippen LogP contribution in [0.1, 0.15) is 25.8 Å². The van der Waals surface area contributed by atoms with Gasteiger partial charge >= 0.3 is 0 Å².